The SMILES string of the molecule is COc1ccc(CCC(=O)OCC(=O)N2CCc3ccccc32)cc1OC. The van der Waals surface area contributed by atoms with Gasteiger partial charge in [-0.1, -0.05) is 24.3 Å². The van der Waals surface area contributed by atoms with Crippen molar-refractivity contribution in [1.29, 1.82) is 0 Å². The van der Waals surface area contributed by atoms with Crippen LogP contribution < -0.4 is 14.4 Å². The van der Waals surface area contributed by atoms with E-state index in [0.29, 0.717) is 24.5 Å². The van der Waals surface area contributed by atoms with Crippen molar-refractivity contribution in [3.05, 3.63) is 53.6 Å². The predicted molar refractivity (Wildman–Crippen MR) is 101 cm³/mol. The van der Waals surface area contributed by atoms with Crippen molar-refractivity contribution in [2.75, 3.05) is 32.3 Å². The summed E-state index contributed by atoms with van der Waals surface area (Å²) in [7, 11) is 3.14. The number of nitrogens with zero attached hydrogens (tertiary/aromatic N) is 1. The first-order valence-electron chi connectivity index (χ1n) is 8.87. The Bertz CT molecular complexity index is 833. The minimum absolute atomic E-state index is 0.194. The number of hydrogen-bond acceptors (Lipinski definition) is 5. The molecule has 6 nitrogen and oxygen atoms in total. The van der Waals surface area contributed by atoms with E-state index >= 15 is 0 Å². The van der Waals surface area contributed by atoms with Gasteiger partial charge in [0.2, 0.25) is 0 Å². The minimum Gasteiger partial charge on any atom is -0.493 e. The molecule has 0 aromatic heterocycles. The van der Waals surface area contributed by atoms with Crippen LogP contribution in [0.3, 0.4) is 0 Å². The summed E-state index contributed by atoms with van der Waals surface area (Å²) in [6.07, 6.45) is 1.52. The number of hydrogen-bond donors (Lipinski definition) is 0. The lowest BCUT2D eigenvalue weighted by molar-refractivity contribution is -0.147. The van der Waals surface area contributed by atoms with Gasteiger partial charge < -0.3 is 19.1 Å². The van der Waals surface area contributed by atoms with Gasteiger partial charge >= 0.3 is 5.97 Å². The fourth-order valence-corrected chi connectivity index (χ4v) is 3.17. The molecular formula is C21H23NO5. The van der Waals surface area contributed by atoms with E-state index in [1.54, 1.807) is 25.2 Å². The highest BCUT2D eigenvalue weighted by molar-refractivity contribution is 5.97. The van der Waals surface area contributed by atoms with E-state index in [2.05, 4.69) is 0 Å². The molecule has 1 aliphatic rings. The number of rotatable bonds is 7. The summed E-state index contributed by atoms with van der Waals surface area (Å²) in [6.45, 7) is 0.389. The van der Waals surface area contributed by atoms with Crippen molar-refractivity contribution in [2.45, 2.75) is 19.3 Å². The standard InChI is InChI=1S/C21H23NO5/c1-25-18-9-7-15(13-19(18)26-2)8-10-21(24)27-14-20(23)22-12-11-16-5-3-4-6-17(16)22/h3-7,9,13H,8,10-12,14H2,1-2H3. The Balaban J connectivity index is 1.48. The number of ether oxygens (including phenoxy) is 3. The Morgan fingerprint density at radius 3 is 2.59 bits per heavy atom. The van der Waals surface area contributed by atoms with Gasteiger partial charge in [-0.25, -0.2) is 0 Å². The van der Waals surface area contributed by atoms with Crippen LogP contribution in [0.4, 0.5) is 5.69 Å². The van der Waals surface area contributed by atoms with Crippen molar-refractivity contribution >= 4 is 17.6 Å². The second kappa shape index (κ2) is 8.58. The first-order chi connectivity index (χ1) is 13.1. The third kappa shape index (κ3) is 4.39. The van der Waals surface area contributed by atoms with Crippen LogP contribution in [0.1, 0.15) is 17.5 Å². The molecule has 0 unspecified atom stereocenters. The van der Waals surface area contributed by atoms with Gasteiger partial charge in [-0.2, -0.15) is 0 Å². The first kappa shape index (κ1) is 18.8. The third-order valence-electron chi connectivity index (χ3n) is 4.61. The van der Waals surface area contributed by atoms with Crippen LogP contribution in [0.15, 0.2) is 42.5 Å². The zero-order valence-corrected chi connectivity index (χ0v) is 15.6. The zero-order chi connectivity index (χ0) is 19.2. The lowest BCUT2D eigenvalue weighted by Crippen LogP contribution is -2.33. The topological polar surface area (TPSA) is 65.1 Å². The smallest absolute Gasteiger partial charge is 0.306 e. The van der Waals surface area contributed by atoms with Crippen LogP contribution >= 0.6 is 0 Å². The molecule has 3 rings (SSSR count). The summed E-state index contributed by atoms with van der Waals surface area (Å²) >= 11 is 0. The lowest BCUT2D eigenvalue weighted by atomic mass is 10.1. The van der Waals surface area contributed by atoms with Crippen molar-refractivity contribution in [2.24, 2.45) is 0 Å². The van der Waals surface area contributed by atoms with Crippen LogP contribution in [-0.4, -0.2) is 39.2 Å². The van der Waals surface area contributed by atoms with Crippen LogP contribution in [0.25, 0.3) is 0 Å². The molecule has 0 aliphatic carbocycles. The van der Waals surface area contributed by atoms with Gasteiger partial charge in [0.15, 0.2) is 18.1 Å². The monoisotopic (exact) mass is 369 g/mol. The van der Waals surface area contributed by atoms with E-state index < -0.39 is 5.97 Å². The minimum atomic E-state index is -0.398. The number of carbonyl (C=O) groups excluding carboxylic acids is 2. The van der Waals surface area contributed by atoms with E-state index in [9.17, 15) is 9.59 Å². The van der Waals surface area contributed by atoms with E-state index in [-0.39, 0.29) is 18.9 Å². The molecule has 0 bridgehead atoms. The fraction of sp³-hybridized carbons (Fsp3) is 0.333. The summed E-state index contributed by atoms with van der Waals surface area (Å²) in [4.78, 5) is 26.0. The number of esters is 1. The van der Waals surface area contributed by atoms with E-state index in [1.807, 2.05) is 36.4 Å². The molecule has 1 heterocycles. The maximum atomic E-state index is 12.4. The lowest BCUT2D eigenvalue weighted by Gasteiger charge is -2.17. The molecule has 0 spiro atoms. The third-order valence-corrected chi connectivity index (χ3v) is 4.61. The van der Waals surface area contributed by atoms with Crippen molar-refractivity contribution < 1.29 is 23.8 Å². The molecule has 0 atom stereocenters. The predicted octanol–water partition coefficient (Wildman–Crippen LogP) is 2.77. The number of para-hydroxylation sites is 1. The molecule has 0 fully saturated rings. The van der Waals surface area contributed by atoms with Crippen molar-refractivity contribution in [1.82, 2.24) is 0 Å². The van der Waals surface area contributed by atoms with E-state index in [4.69, 9.17) is 14.2 Å². The highest BCUT2D eigenvalue weighted by atomic mass is 16.5. The molecule has 0 saturated carbocycles. The quantitative estimate of drug-likeness (QED) is 0.702. The normalized spacial score (nSPS) is 12.4. The Kier molecular flexibility index (Phi) is 5.96. The molecule has 0 radical (unpaired) electrons. The Morgan fingerprint density at radius 2 is 1.81 bits per heavy atom. The van der Waals surface area contributed by atoms with Crippen molar-refractivity contribution in [3.8, 4) is 11.5 Å². The highest BCUT2D eigenvalue weighted by Gasteiger charge is 2.24. The average molecular weight is 369 g/mol. The van der Waals surface area contributed by atoms with E-state index in [1.165, 1.54) is 0 Å². The summed E-state index contributed by atoms with van der Waals surface area (Å²) in [6, 6.07) is 13.3. The summed E-state index contributed by atoms with van der Waals surface area (Å²) in [5, 5.41) is 0. The molecule has 0 saturated heterocycles. The number of benzene rings is 2. The van der Waals surface area contributed by atoms with Gasteiger partial charge in [0.05, 0.1) is 14.2 Å². The molecule has 142 valence electrons. The second-order valence-electron chi connectivity index (χ2n) is 6.27. The zero-order valence-electron chi connectivity index (χ0n) is 15.6. The van der Waals surface area contributed by atoms with Gasteiger partial charge in [0.25, 0.3) is 5.91 Å². The molecule has 2 aromatic carbocycles. The molecule has 0 N–H and O–H groups in total. The van der Waals surface area contributed by atoms with Gasteiger partial charge in [-0.15, -0.1) is 0 Å². The molecule has 27 heavy (non-hydrogen) atoms. The number of aryl methyl sites for hydroxylation is 1. The molecule has 2 aromatic rings. The Morgan fingerprint density at radius 1 is 1.04 bits per heavy atom. The first-order valence-corrected chi connectivity index (χ1v) is 8.87. The van der Waals surface area contributed by atoms with Crippen molar-refractivity contribution in [3.63, 3.8) is 0 Å². The van der Waals surface area contributed by atoms with Gasteiger partial charge in [-0.3, -0.25) is 9.59 Å². The molecule has 1 amide bonds. The molecular weight excluding hydrogens is 346 g/mol. The fourth-order valence-electron chi connectivity index (χ4n) is 3.17. The maximum absolute atomic E-state index is 12.4. The number of anilines is 1. The summed E-state index contributed by atoms with van der Waals surface area (Å²) < 4.78 is 15.6. The second-order valence-corrected chi connectivity index (χ2v) is 6.27. The van der Waals surface area contributed by atoms with Gasteiger partial charge in [0.1, 0.15) is 0 Å². The van der Waals surface area contributed by atoms with Crippen LogP contribution in [0.5, 0.6) is 11.5 Å². The Hall–Kier alpha value is -3.02. The van der Waals surface area contributed by atoms with E-state index in [0.717, 1.165) is 23.2 Å². The average Bonchev–Trinajstić information content (AvgIpc) is 3.14. The van der Waals surface area contributed by atoms with Gasteiger partial charge in [-0.05, 0) is 42.2 Å². The highest BCUT2D eigenvalue weighted by Crippen LogP contribution is 2.28. The molecule has 6 heteroatoms. The Labute approximate surface area is 158 Å². The summed E-state index contributed by atoms with van der Waals surface area (Å²) in [5.41, 5.74) is 2.99. The van der Waals surface area contributed by atoms with Crippen LogP contribution in [-0.2, 0) is 27.2 Å². The number of fused-ring (bicyclic) bond motifs is 1. The summed E-state index contributed by atoms with van der Waals surface area (Å²) in [5.74, 6) is 0.664. The number of carbonyl (C=O) groups is 2. The maximum Gasteiger partial charge on any atom is 0.306 e. The van der Waals surface area contributed by atoms with Crippen LogP contribution in [0.2, 0.25) is 0 Å². The van der Waals surface area contributed by atoms with Gasteiger partial charge in [0, 0.05) is 18.7 Å². The largest absolute Gasteiger partial charge is 0.493 e. The van der Waals surface area contributed by atoms with Crippen LogP contribution in [0, 0.1) is 0 Å². The number of amides is 1. The number of methoxy groups -OCH3 is 2. The molecule has 1 aliphatic heterocycles.